The molecular weight excluding hydrogens is 383 g/mol. The molecule has 0 atom stereocenters. The van der Waals surface area contributed by atoms with E-state index in [0.717, 1.165) is 0 Å². The van der Waals surface area contributed by atoms with Crippen LogP contribution in [0.15, 0.2) is 6.07 Å². The standard InChI is InChI=1S/C9H3BrClF6NO2/c10-2-4-6(8(12,13)14)5(20-9(15,16)17)1-3(18-4)7(11)19/h1H,2H2. The molecule has 0 fully saturated rings. The molecule has 0 aliphatic heterocycles. The third kappa shape index (κ3) is 4.23. The molecule has 112 valence electrons. The van der Waals surface area contributed by atoms with Crippen molar-refractivity contribution in [1.82, 2.24) is 4.98 Å². The van der Waals surface area contributed by atoms with E-state index in [1.165, 1.54) is 0 Å². The van der Waals surface area contributed by atoms with Gasteiger partial charge in [0.25, 0.3) is 5.24 Å². The summed E-state index contributed by atoms with van der Waals surface area (Å²) in [7, 11) is 0. The summed E-state index contributed by atoms with van der Waals surface area (Å²) in [6.07, 6.45) is -10.5. The number of ether oxygens (including phenoxy) is 1. The molecule has 1 rings (SSSR count). The van der Waals surface area contributed by atoms with Gasteiger partial charge in [-0.1, -0.05) is 15.9 Å². The van der Waals surface area contributed by atoms with Gasteiger partial charge >= 0.3 is 12.5 Å². The third-order valence-electron chi connectivity index (χ3n) is 1.90. The number of nitrogens with zero attached hydrogens (tertiary/aromatic N) is 1. The van der Waals surface area contributed by atoms with Gasteiger partial charge in [0.05, 0.1) is 5.69 Å². The normalized spacial score (nSPS) is 12.4. The lowest BCUT2D eigenvalue weighted by molar-refractivity contribution is -0.276. The van der Waals surface area contributed by atoms with Gasteiger partial charge in [0.15, 0.2) is 0 Å². The fraction of sp³-hybridized carbons (Fsp3) is 0.333. The van der Waals surface area contributed by atoms with Crippen LogP contribution in [0, 0.1) is 0 Å². The Hall–Kier alpha value is -1.03. The number of hydrogen-bond acceptors (Lipinski definition) is 3. The molecule has 0 aliphatic carbocycles. The van der Waals surface area contributed by atoms with Gasteiger partial charge in [0.2, 0.25) is 0 Å². The molecule has 1 heterocycles. The first-order chi connectivity index (χ1) is 8.95. The average molecular weight is 386 g/mol. The maximum absolute atomic E-state index is 12.8. The smallest absolute Gasteiger partial charge is 0.405 e. The molecule has 0 radical (unpaired) electrons. The molecule has 0 spiro atoms. The molecular formula is C9H3BrClF6NO2. The highest BCUT2D eigenvalue weighted by molar-refractivity contribution is 9.08. The van der Waals surface area contributed by atoms with Crippen LogP contribution >= 0.6 is 27.5 Å². The average Bonchev–Trinajstić information content (AvgIpc) is 2.23. The second-order valence-electron chi connectivity index (χ2n) is 3.28. The lowest BCUT2D eigenvalue weighted by Crippen LogP contribution is -2.22. The van der Waals surface area contributed by atoms with Crippen LogP contribution in [-0.2, 0) is 11.5 Å². The minimum atomic E-state index is -5.36. The quantitative estimate of drug-likeness (QED) is 0.442. The predicted molar refractivity (Wildman–Crippen MR) is 58.7 cm³/mol. The monoisotopic (exact) mass is 385 g/mol. The van der Waals surface area contributed by atoms with Crippen LogP contribution in [0.3, 0.4) is 0 Å². The molecule has 20 heavy (non-hydrogen) atoms. The summed E-state index contributed by atoms with van der Waals surface area (Å²) in [6, 6.07) is 0.192. The Morgan fingerprint density at radius 2 is 1.85 bits per heavy atom. The summed E-state index contributed by atoms with van der Waals surface area (Å²) in [5.41, 5.74) is -3.36. The zero-order chi connectivity index (χ0) is 15.7. The zero-order valence-electron chi connectivity index (χ0n) is 9.07. The molecule has 3 nitrogen and oxygen atoms in total. The van der Waals surface area contributed by atoms with Crippen LogP contribution < -0.4 is 4.74 Å². The summed E-state index contributed by atoms with van der Waals surface area (Å²) in [4.78, 5) is 14.1. The van der Waals surface area contributed by atoms with Crippen molar-refractivity contribution in [3.05, 3.63) is 23.0 Å². The molecule has 1 aromatic rings. The van der Waals surface area contributed by atoms with E-state index in [9.17, 15) is 31.1 Å². The van der Waals surface area contributed by atoms with Gasteiger partial charge in [-0.25, -0.2) is 4.98 Å². The van der Waals surface area contributed by atoms with E-state index in [2.05, 4.69) is 25.7 Å². The number of carbonyl (C=O) groups is 1. The van der Waals surface area contributed by atoms with Crippen LogP contribution in [0.4, 0.5) is 26.3 Å². The van der Waals surface area contributed by atoms with Gasteiger partial charge in [-0.3, -0.25) is 4.79 Å². The van der Waals surface area contributed by atoms with Gasteiger partial charge in [-0.15, -0.1) is 13.2 Å². The van der Waals surface area contributed by atoms with Crippen molar-refractivity contribution in [2.45, 2.75) is 17.9 Å². The molecule has 0 saturated heterocycles. The zero-order valence-corrected chi connectivity index (χ0v) is 11.4. The van der Waals surface area contributed by atoms with Gasteiger partial charge in [-0.05, 0) is 11.6 Å². The summed E-state index contributed by atoms with van der Waals surface area (Å²) >= 11 is 7.65. The number of pyridine rings is 1. The van der Waals surface area contributed by atoms with Crippen molar-refractivity contribution >= 4 is 32.8 Å². The van der Waals surface area contributed by atoms with Crippen LogP contribution in [0.25, 0.3) is 0 Å². The highest BCUT2D eigenvalue weighted by Gasteiger charge is 2.42. The second kappa shape index (κ2) is 5.76. The Balaban J connectivity index is 3.57. The van der Waals surface area contributed by atoms with E-state index in [4.69, 9.17) is 11.6 Å². The number of hydrogen-bond donors (Lipinski definition) is 0. The minimum Gasteiger partial charge on any atom is -0.405 e. The molecule has 0 bridgehead atoms. The van der Waals surface area contributed by atoms with Gasteiger partial charge in [0.1, 0.15) is 17.0 Å². The Labute approximate surface area is 121 Å². The van der Waals surface area contributed by atoms with E-state index in [1.807, 2.05) is 0 Å². The molecule has 0 unspecified atom stereocenters. The van der Waals surface area contributed by atoms with Crippen molar-refractivity contribution in [2.24, 2.45) is 0 Å². The molecule has 1 aromatic heterocycles. The van der Waals surface area contributed by atoms with Crippen LogP contribution in [-0.4, -0.2) is 16.6 Å². The summed E-state index contributed by atoms with van der Waals surface area (Å²) < 4.78 is 78.0. The Morgan fingerprint density at radius 1 is 1.30 bits per heavy atom. The highest BCUT2D eigenvalue weighted by atomic mass is 79.9. The van der Waals surface area contributed by atoms with Crippen LogP contribution in [0.1, 0.15) is 21.7 Å². The molecule has 0 N–H and O–H groups in total. The first-order valence-corrected chi connectivity index (χ1v) is 6.08. The van der Waals surface area contributed by atoms with E-state index in [0.29, 0.717) is 0 Å². The Bertz CT molecular complexity index is 530. The van der Waals surface area contributed by atoms with E-state index in [-0.39, 0.29) is 6.07 Å². The topological polar surface area (TPSA) is 39.2 Å². The minimum absolute atomic E-state index is 0.192. The molecule has 0 aromatic carbocycles. The number of alkyl halides is 7. The fourth-order valence-corrected chi connectivity index (χ4v) is 1.78. The van der Waals surface area contributed by atoms with Crippen molar-refractivity contribution < 1.29 is 35.9 Å². The summed E-state index contributed by atoms with van der Waals surface area (Å²) in [6.45, 7) is 0. The highest BCUT2D eigenvalue weighted by Crippen LogP contribution is 2.41. The number of halogens is 8. The van der Waals surface area contributed by atoms with Crippen molar-refractivity contribution in [3.8, 4) is 5.75 Å². The Morgan fingerprint density at radius 3 is 2.20 bits per heavy atom. The first kappa shape index (κ1) is 17.0. The third-order valence-corrected chi connectivity index (χ3v) is 2.62. The van der Waals surface area contributed by atoms with Crippen molar-refractivity contribution in [3.63, 3.8) is 0 Å². The lowest BCUT2D eigenvalue weighted by Gasteiger charge is -2.18. The molecule has 11 heteroatoms. The van der Waals surface area contributed by atoms with E-state index >= 15 is 0 Å². The molecule has 0 saturated carbocycles. The largest absolute Gasteiger partial charge is 0.573 e. The van der Waals surface area contributed by atoms with Crippen LogP contribution in [0.5, 0.6) is 5.75 Å². The Kier molecular flexibility index (Phi) is 4.90. The fourth-order valence-electron chi connectivity index (χ4n) is 1.28. The SMILES string of the molecule is O=C(Cl)c1cc(OC(F)(F)F)c(C(F)(F)F)c(CBr)n1. The maximum atomic E-state index is 12.8. The van der Waals surface area contributed by atoms with E-state index < -0.39 is 45.8 Å². The number of aromatic nitrogens is 1. The summed E-state index contributed by atoms with van der Waals surface area (Å²) in [5.74, 6) is -1.58. The first-order valence-electron chi connectivity index (χ1n) is 4.58. The van der Waals surface area contributed by atoms with Crippen molar-refractivity contribution in [1.29, 1.82) is 0 Å². The number of rotatable bonds is 3. The maximum Gasteiger partial charge on any atom is 0.573 e. The molecule has 0 aliphatic rings. The summed E-state index contributed by atoms with van der Waals surface area (Å²) in [5, 5.41) is -1.86. The van der Waals surface area contributed by atoms with Crippen LogP contribution in [0.2, 0.25) is 0 Å². The molecule has 0 amide bonds. The van der Waals surface area contributed by atoms with E-state index in [1.54, 1.807) is 0 Å². The number of carbonyl (C=O) groups excluding carboxylic acids is 1. The van der Waals surface area contributed by atoms with Crippen molar-refractivity contribution in [2.75, 3.05) is 0 Å². The van der Waals surface area contributed by atoms with Gasteiger partial charge < -0.3 is 4.74 Å². The second-order valence-corrected chi connectivity index (χ2v) is 4.18. The van der Waals surface area contributed by atoms with Gasteiger partial charge in [-0.2, -0.15) is 13.2 Å². The lowest BCUT2D eigenvalue weighted by atomic mass is 10.1. The predicted octanol–water partition coefficient (Wildman–Crippen LogP) is 4.27. The van der Waals surface area contributed by atoms with Gasteiger partial charge in [0, 0.05) is 11.4 Å².